The molecule has 0 bridgehead atoms. The average Bonchev–Trinajstić information content (AvgIpc) is 2.82. The van der Waals surface area contributed by atoms with E-state index < -0.39 is 10.0 Å². The van der Waals surface area contributed by atoms with Crippen LogP contribution in [0.25, 0.3) is 0 Å². The summed E-state index contributed by atoms with van der Waals surface area (Å²) in [5.74, 6) is 5.26. The van der Waals surface area contributed by atoms with Crippen LogP contribution in [0.2, 0.25) is 0 Å². The van der Waals surface area contributed by atoms with Crippen molar-refractivity contribution in [3.8, 4) is 0 Å². The summed E-state index contributed by atoms with van der Waals surface area (Å²) < 4.78 is 27.3. The van der Waals surface area contributed by atoms with E-state index in [1.807, 2.05) is 12.1 Å². The lowest BCUT2D eigenvalue weighted by Gasteiger charge is -2.05. The van der Waals surface area contributed by atoms with E-state index in [0.717, 1.165) is 8.66 Å². The third-order valence-electron chi connectivity index (χ3n) is 2.13. The summed E-state index contributed by atoms with van der Waals surface area (Å²) >= 11 is 4.78. The number of aromatic nitrogens is 2. The predicted molar refractivity (Wildman–Crippen MR) is 75.9 cm³/mol. The number of rotatable bonds is 5. The molecule has 0 atom stereocenters. The molecule has 0 amide bonds. The van der Waals surface area contributed by atoms with E-state index in [-0.39, 0.29) is 17.4 Å². The van der Waals surface area contributed by atoms with Crippen molar-refractivity contribution in [1.82, 2.24) is 14.7 Å². The van der Waals surface area contributed by atoms with Crippen LogP contribution in [0.15, 0.2) is 33.2 Å². The standard InChI is InChI=1S/C9H10BrN5O2S2/c10-8-2-1-6(18-8)3-14-19(16,17)7-4-12-9(15-11)13-5-7/h1-2,4-5,14H,3,11H2,(H,12,13,15). The molecule has 0 unspecified atom stereocenters. The van der Waals surface area contributed by atoms with Crippen LogP contribution in [0.4, 0.5) is 5.95 Å². The second kappa shape index (κ2) is 5.92. The number of hydrogen-bond acceptors (Lipinski definition) is 7. The zero-order valence-electron chi connectivity index (χ0n) is 9.50. The highest BCUT2D eigenvalue weighted by Gasteiger charge is 2.15. The molecule has 0 saturated heterocycles. The van der Waals surface area contributed by atoms with Gasteiger partial charge in [0.05, 0.1) is 16.2 Å². The van der Waals surface area contributed by atoms with Crippen LogP contribution < -0.4 is 16.0 Å². The number of nitrogens with two attached hydrogens (primary N) is 1. The van der Waals surface area contributed by atoms with Gasteiger partial charge in [-0.15, -0.1) is 11.3 Å². The first-order valence-electron chi connectivity index (χ1n) is 5.04. The fraction of sp³-hybridized carbons (Fsp3) is 0.111. The van der Waals surface area contributed by atoms with Crippen LogP contribution in [0.1, 0.15) is 4.88 Å². The quantitative estimate of drug-likeness (QED) is 0.541. The van der Waals surface area contributed by atoms with E-state index in [2.05, 4.69) is 36.0 Å². The maximum absolute atomic E-state index is 12.0. The Hall–Kier alpha value is -1.07. The third-order valence-corrected chi connectivity index (χ3v) is 5.11. The summed E-state index contributed by atoms with van der Waals surface area (Å²) in [6.07, 6.45) is 2.38. The molecule has 7 nitrogen and oxygen atoms in total. The van der Waals surface area contributed by atoms with Crippen LogP contribution in [-0.2, 0) is 16.6 Å². The minimum absolute atomic E-state index is 0.0119. The van der Waals surface area contributed by atoms with Gasteiger partial charge in [0.2, 0.25) is 16.0 Å². The number of halogens is 1. The molecule has 0 radical (unpaired) electrons. The number of nitrogens with zero attached hydrogens (tertiary/aromatic N) is 2. The Balaban J connectivity index is 2.09. The van der Waals surface area contributed by atoms with Gasteiger partial charge in [0.1, 0.15) is 4.90 Å². The van der Waals surface area contributed by atoms with Crippen LogP contribution in [0, 0.1) is 0 Å². The molecule has 10 heteroatoms. The molecule has 2 heterocycles. The van der Waals surface area contributed by atoms with E-state index in [4.69, 9.17) is 5.84 Å². The van der Waals surface area contributed by atoms with Gasteiger partial charge in [-0.2, -0.15) is 0 Å². The molecule has 0 aliphatic carbocycles. The zero-order valence-corrected chi connectivity index (χ0v) is 12.7. The average molecular weight is 364 g/mol. The molecule has 2 rings (SSSR count). The lowest BCUT2D eigenvalue weighted by Crippen LogP contribution is -2.23. The lowest BCUT2D eigenvalue weighted by molar-refractivity contribution is 0.581. The first-order valence-corrected chi connectivity index (χ1v) is 8.13. The Morgan fingerprint density at radius 2 is 2.00 bits per heavy atom. The van der Waals surface area contributed by atoms with Gasteiger partial charge in [0, 0.05) is 11.4 Å². The monoisotopic (exact) mass is 363 g/mol. The molecule has 0 fully saturated rings. The molecule has 2 aromatic rings. The van der Waals surface area contributed by atoms with Gasteiger partial charge in [-0.25, -0.2) is 29.0 Å². The van der Waals surface area contributed by atoms with Crippen LogP contribution in [-0.4, -0.2) is 18.4 Å². The molecule has 19 heavy (non-hydrogen) atoms. The normalized spacial score (nSPS) is 11.5. The molecule has 2 aromatic heterocycles. The number of sulfonamides is 1. The van der Waals surface area contributed by atoms with E-state index in [1.165, 1.54) is 23.7 Å². The van der Waals surface area contributed by atoms with Gasteiger partial charge < -0.3 is 0 Å². The van der Waals surface area contributed by atoms with Crippen LogP contribution >= 0.6 is 27.3 Å². The number of hydrazine groups is 1. The first-order chi connectivity index (χ1) is 9.01. The highest BCUT2D eigenvalue weighted by Crippen LogP contribution is 2.22. The summed E-state index contributed by atoms with van der Waals surface area (Å²) in [5.41, 5.74) is 2.23. The fourth-order valence-corrected chi connectivity index (χ4v) is 3.64. The van der Waals surface area contributed by atoms with Gasteiger partial charge >= 0.3 is 0 Å². The largest absolute Gasteiger partial charge is 0.292 e. The van der Waals surface area contributed by atoms with E-state index in [9.17, 15) is 8.42 Å². The van der Waals surface area contributed by atoms with Crippen molar-refractivity contribution >= 4 is 43.2 Å². The molecule has 102 valence electrons. The maximum Gasteiger partial charge on any atom is 0.243 e. The van der Waals surface area contributed by atoms with Crippen molar-refractivity contribution in [3.05, 3.63) is 33.2 Å². The van der Waals surface area contributed by atoms with E-state index in [0.29, 0.717) is 0 Å². The van der Waals surface area contributed by atoms with E-state index in [1.54, 1.807) is 0 Å². The number of nitrogens with one attached hydrogen (secondary N) is 2. The van der Waals surface area contributed by atoms with Gasteiger partial charge in [0.15, 0.2) is 0 Å². The molecular weight excluding hydrogens is 354 g/mol. The van der Waals surface area contributed by atoms with Gasteiger partial charge in [0.25, 0.3) is 0 Å². The predicted octanol–water partition coefficient (Wildman–Crippen LogP) is 1.06. The maximum atomic E-state index is 12.0. The summed E-state index contributed by atoms with van der Waals surface area (Å²) in [6.45, 7) is 0.218. The van der Waals surface area contributed by atoms with E-state index >= 15 is 0 Å². The molecule has 0 aromatic carbocycles. The van der Waals surface area contributed by atoms with Crippen molar-refractivity contribution in [1.29, 1.82) is 0 Å². The number of thiophene rings is 1. The van der Waals surface area contributed by atoms with Crippen LogP contribution in [0.3, 0.4) is 0 Å². The Kier molecular flexibility index (Phi) is 4.47. The SMILES string of the molecule is NNc1ncc(S(=O)(=O)NCc2ccc(Br)s2)cn1. The summed E-state index contributed by atoms with van der Waals surface area (Å²) in [7, 11) is -3.63. The Morgan fingerprint density at radius 1 is 1.32 bits per heavy atom. The summed E-state index contributed by atoms with van der Waals surface area (Å²) in [6, 6.07) is 3.70. The minimum Gasteiger partial charge on any atom is -0.292 e. The molecular formula is C9H10BrN5O2S2. The minimum atomic E-state index is -3.63. The van der Waals surface area contributed by atoms with Gasteiger partial charge in [-0.05, 0) is 28.1 Å². The zero-order chi connectivity index (χ0) is 13.9. The Labute approximate surface area is 122 Å². The molecule has 4 N–H and O–H groups in total. The van der Waals surface area contributed by atoms with Crippen molar-refractivity contribution < 1.29 is 8.42 Å². The smallest absolute Gasteiger partial charge is 0.243 e. The summed E-state index contributed by atoms with van der Waals surface area (Å²) in [5, 5.41) is 0. The van der Waals surface area contributed by atoms with Crippen LogP contribution in [0.5, 0.6) is 0 Å². The van der Waals surface area contributed by atoms with Crippen molar-refractivity contribution in [2.45, 2.75) is 11.4 Å². The van der Waals surface area contributed by atoms with Gasteiger partial charge in [-0.1, -0.05) is 0 Å². The third kappa shape index (κ3) is 3.70. The Bertz CT molecular complexity index is 656. The number of nitrogen functional groups attached to an aromatic ring is 1. The summed E-state index contributed by atoms with van der Waals surface area (Å²) in [4.78, 5) is 8.39. The molecule has 0 spiro atoms. The number of hydrogen-bond donors (Lipinski definition) is 3. The first kappa shape index (κ1) is 14.3. The van der Waals surface area contributed by atoms with Crippen molar-refractivity contribution in [2.75, 3.05) is 5.43 Å². The highest BCUT2D eigenvalue weighted by molar-refractivity contribution is 9.11. The fourth-order valence-electron chi connectivity index (χ4n) is 1.23. The molecule has 0 aliphatic rings. The second-order valence-electron chi connectivity index (χ2n) is 3.42. The Morgan fingerprint density at radius 3 is 2.53 bits per heavy atom. The molecule has 0 aliphatic heterocycles. The molecule has 0 saturated carbocycles. The van der Waals surface area contributed by atoms with Crippen molar-refractivity contribution in [3.63, 3.8) is 0 Å². The topological polar surface area (TPSA) is 110 Å². The van der Waals surface area contributed by atoms with Crippen molar-refractivity contribution in [2.24, 2.45) is 5.84 Å². The second-order valence-corrected chi connectivity index (χ2v) is 7.73. The van der Waals surface area contributed by atoms with Gasteiger partial charge in [-0.3, -0.25) is 5.43 Å². The number of anilines is 1. The highest BCUT2D eigenvalue weighted by atomic mass is 79.9. The lowest BCUT2D eigenvalue weighted by atomic mass is 10.5.